The highest BCUT2D eigenvalue weighted by molar-refractivity contribution is 5.95. The summed E-state index contributed by atoms with van der Waals surface area (Å²) in [6, 6.07) is -5.87. The predicted molar refractivity (Wildman–Crippen MR) is 102 cm³/mol. The molecule has 0 bridgehead atoms. The highest BCUT2D eigenvalue weighted by Crippen LogP contribution is 2.07. The highest BCUT2D eigenvalue weighted by Gasteiger charge is 2.33. The second-order valence-corrected chi connectivity index (χ2v) is 7.20. The molecule has 0 fully saturated rings. The molecule has 0 aromatic rings. The van der Waals surface area contributed by atoms with Crippen molar-refractivity contribution in [2.45, 2.75) is 63.9 Å². The fourth-order valence-electron chi connectivity index (χ4n) is 2.36. The van der Waals surface area contributed by atoms with Crippen LogP contribution in [0.2, 0.25) is 0 Å². The van der Waals surface area contributed by atoms with Crippen molar-refractivity contribution in [3.05, 3.63) is 0 Å². The van der Waals surface area contributed by atoms with Crippen LogP contribution in [0.4, 0.5) is 0 Å². The lowest BCUT2D eigenvalue weighted by atomic mass is 10.0. The number of rotatable bonds is 13. The third kappa shape index (κ3) is 9.62. The molecule has 0 spiro atoms. The van der Waals surface area contributed by atoms with Crippen LogP contribution in [-0.2, 0) is 24.0 Å². The SMILES string of the molecule is CC(C)CC(NC(=O)C(N)CO)C(=O)NC(CC(=O)O)C(=O)NC(C(=O)O)C(C)O. The topological polar surface area (TPSA) is 228 Å². The van der Waals surface area contributed by atoms with Gasteiger partial charge in [-0.05, 0) is 19.3 Å². The van der Waals surface area contributed by atoms with E-state index in [2.05, 4.69) is 10.6 Å². The number of hydrogen-bond acceptors (Lipinski definition) is 8. The third-order valence-corrected chi connectivity index (χ3v) is 3.93. The van der Waals surface area contributed by atoms with Crippen LogP contribution in [0.1, 0.15) is 33.6 Å². The number of carbonyl (C=O) groups excluding carboxylic acids is 3. The van der Waals surface area contributed by atoms with E-state index in [1.165, 1.54) is 0 Å². The molecule has 0 rings (SSSR count). The van der Waals surface area contributed by atoms with Gasteiger partial charge in [0, 0.05) is 0 Å². The van der Waals surface area contributed by atoms with E-state index < -0.39 is 73.0 Å². The lowest BCUT2D eigenvalue weighted by Gasteiger charge is -2.25. The lowest BCUT2D eigenvalue weighted by Crippen LogP contribution is -2.59. The van der Waals surface area contributed by atoms with Gasteiger partial charge in [0.1, 0.15) is 18.1 Å². The predicted octanol–water partition coefficient (Wildman–Crippen LogP) is -3.25. The van der Waals surface area contributed by atoms with Gasteiger partial charge in [-0.2, -0.15) is 0 Å². The Kier molecular flexibility index (Phi) is 11.5. The maximum absolute atomic E-state index is 12.6. The Labute approximate surface area is 173 Å². The van der Waals surface area contributed by atoms with Crippen molar-refractivity contribution in [2.75, 3.05) is 6.61 Å². The highest BCUT2D eigenvalue weighted by atomic mass is 16.4. The fourth-order valence-corrected chi connectivity index (χ4v) is 2.36. The van der Waals surface area contributed by atoms with E-state index in [0.717, 1.165) is 6.92 Å². The number of amides is 3. The van der Waals surface area contributed by atoms with Gasteiger partial charge in [-0.25, -0.2) is 4.79 Å². The summed E-state index contributed by atoms with van der Waals surface area (Å²) >= 11 is 0. The third-order valence-electron chi connectivity index (χ3n) is 3.93. The maximum atomic E-state index is 12.6. The zero-order valence-electron chi connectivity index (χ0n) is 17.0. The Morgan fingerprint density at radius 1 is 0.867 bits per heavy atom. The molecule has 0 aromatic heterocycles. The van der Waals surface area contributed by atoms with Crippen LogP contribution >= 0.6 is 0 Å². The van der Waals surface area contributed by atoms with E-state index in [-0.39, 0.29) is 12.3 Å². The van der Waals surface area contributed by atoms with E-state index in [0.29, 0.717) is 0 Å². The molecule has 172 valence electrons. The largest absolute Gasteiger partial charge is 0.481 e. The normalized spacial score (nSPS) is 16.0. The first-order chi connectivity index (χ1) is 13.8. The first-order valence-electron chi connectivity index (χ1n) is 9.20. The molecule has 0 radical (unpaired) electrons. The summed E-state index contributed by atoms with van der Waals surface area (Å²) in [5.74, 6) is -5.96. The van der Waals surface area contributed by atoms with Crippen LogP contribution in [0.15, 0.2) is 0 Å². The standard InChI is InChI=1S/C17H30N4O9/c1-7(2)4-10(19-14(26)9(18)6-22)15(27)20-11(5-12(24)25)16(28)21-13(8(3)23)17(29)30/h7-11,13,22-23H,4-6,18H2,1-3H3,(H,19,26)(H,20,27)(H,21,28)(H,24,25)(H,29,30). The molecular formula is C17H30N4O9. The second kappa shape index (κ2) is 12.7. The molecule has 30 heavy (non-hydrogen) atoms. The Hall–Kier alpha value is -2.77. The number of aliphatic carboxylic acids is 2. The van der Waals surface area contributed by atoms with Crippen LogP contribution < -0.4 is 21.7 Å². The van der Waals surface area contributed by atoms with Crippen LogP contribution in [0.3, 0.4) is 0 Å². The number of nitrogens with two attached hydrogens (primary N) is 1. The summed E-state index contributed by atoms with van der Waals surface area (Å²) in [5, 5.41) is 42.9. The molecule has 0 aliphatic carbocycles. The van der Waals surface area contributed by atoms with Gasteiger partial charge in [0.25, 0.3) is 0 Å². The quantitative estimate of drug-likeness (QED) is 0.144. The Balaban J connectivity index is 5.48. The minimum absolute atomic E-state index is 0.0928. The summed E-state index contributed by atoms with van der Waals surface area (Å²) in [4.78, 5) is 59.1. The van der Waals surface area contributed by atoms with Gasteiger partial charge in [-0.1, -0.05) is 13.8 Å². The number of carboxylic acid groups (broad SMARTS) is 2. The number of carboxylic acids is 2. The van der Waals surface area contributed by atoms with Crippen molar-refractivity contribution in [3.8, 4) is 0 Å². The van der Waals surface area contributed by atoms with Crippen LogP contribution in [0, 0.1) is 5.92 Å². The molecule has 13 heteroatoms. The molecular weight excluding hydrogens is 404 g/mol. The van der Waals surface area contributed by atoms with Crippen molar-refractivity contribution >= 4 is 29.7 Å². The first-order valence-corrected chi connectivity index (χ1v) is 9.20. The number of carbonyl (C=O) groups is 5. The van der Waals surface area contributed by atoms with E-state index in [9.17, 15) is 29.1 Å². The van der Waals surface area contributed by atoms with Crippen LogP contribution in [-0.4, -0.2) is 87.0 Å². The molecule has 0 aliphatic rings. The van der Waals surface area contributed by atoms with Crippen molar-refractivity contribution in [1.82, 2.24) is 16.0 Å². The van der Waals surface area contributed by atoms with Crippen LogP contribution in [0.25, 0.3) is 0 Å². The van der Waals surface area contributed by atoms with Gasteiger partial charge in [0.15, 0.2) is 6.04 Å². The molecule has 0 saturated heterocycles. The minimum atomic E-state index is -1.72. The molecule has 3 amide bonds. The summed E-state index contributed by atoms with van der Waals surface area (Å²) in [7, 11) is 0. The fraction of sp³-hybridized carbons (Fsp3) is 0.706. The molecule has 0 aromatic carbocycles. The maximum Gasteiger partial charge on any atom is 0.328 e. The molecule has 13 nitrogen and oxygen atoms in total. The van der Waals surface area contributed by atoms with Gasteiger partial charge in [-0.15, -0.1) is 0 Å². The number of nitrogens with one attached hydrogen (secondary N) is 3. The van der Waals surface area contributed by atoms with Crippen molar-refractivity contribution < 1.29 is 44.4 Å². The summed E-state index contributed by atoms with van der Waals surface area (Å²) < 4.78 is 0. The molecule has 0 saturated carbocycles. The van der Waals surface area contributed by atoms with Gasteiger partial charge in [0.05, 0.1) is 19.1 Å². The summed E-state index contributed by atoms with van der Waals surface area (Å²) in [5.41, 5.74) is 5.41. The van der Waals surface area contributed by atoms with E-state index in [4.69, 9.17) is 21.1 Å². The number of aliphatic hydroxyl groups is 2. The molecule has 5 unspecified atom stereocenters. The van der Waals surface area contributed by atoms with E-state index >= 15 is 0 Å². The molecule has 0 aliphatic heterocycles. The lowest BCUT2D eigenvalue weighted by molar-refractivity contribution is -0.146. The molecule has 0 heterocycles. The number of hydrogen-bond donors (Lipinski definition) is 8. The zero-order valence-corrected chi connectivity index (χ0v) is 17.0. The van der Waals surface area contributed by atoms with Crippen LogP contribution in [0.5, 0.6) is 0 Å². The first kappa shape index (κ1) is 27.2. The zero-order chi connectivity index (χ0) is 23.6. The number of aliphatic hydroxyl groups excluding tert-OH is 2. The van der Waals surface area contributed by atoms with E-state index in [1.54, 1.807) is 13.8 Å². The minimum Gasteiger partial charge on any atom is -0.481 e. The van der Waals surface area contributed by atoms with Gasteiger partial charge in [-0.3, -0.25) is 19.2 Å². The van der Waals surface area contributed by atoms with E-state index in [1.807, 2.05) is 5.32 Å². The Bertz CT molecular complexity index is 639. The average molecular weight is 434 g/mol. The van der Waals surface area contributed by atoms with Crippen molar-refractivity contribution in [1.29, 1.82) is 0 Å². The Morgan fingerprint density at radius 3 is 1.77 bits per heavy atom. The summed E-state index contributed by atoms with van der Waals surface area (Å²) in [6.45, 7) is 3.95. The average Bonchev–Trinajstić information content (AvgIpc) is 2.62. The van der Waals surface area contributed by atoms with Crippen molar-refractivity contribution in [2.24, 2.45) is 11.7 Å². The monoisotopic (exact) mass is 434 g/mol. The molecule has 5 atom stereocenters. The van der Waals surface area contributed by atoms with Gasteiger partial charge >= 0.3 is 11.9 Å². The second-order valence-electron chi connectivity index (χ2n) is 7.20. The smallest absolute Gasteiger partial charge is 0.328 e. The summed E-state index contributed by atoms with van der Waals surface area (Å²) in [6.07, 6.45) is -2.24. The molecule has 9 N–H and O–H groups in total. The van der Waals surface area contributed by atoms with Gasteiger partial charge in [0.2, 0.25) is 17.7 Å². The Morgan fingerprint density at radius 2 is 1.37 bits per heavy atom. The van der Waals surface area contributed by atoms with Crippen molar-refractivity contribution in [3.63, 3.8) is 0 Å². The van der Waals surface area contributed by atoms with Gasteiger partial charge < -0.3 is 42.1 Å².